The van der Waals surface area contributed by atoms with Crippen LogP contribution >= 0.6 is 11.3 Å². The van der Waals surface area contributed by atoms with Crippen molar-refractivity contribution in [1.82, 2.24) is 10.3 Å². The highest BCUT2D eigenvalue weighted by molar-refractivity contribution is 7.13. The molecule has 1 aromatic heterocycles. The summed E-state index contributed by atoms with van der Waals surface area (Å²) in [6.07, 6.45) is 0. The minimum atomic E-state index is 0.0595. The molecule has 3 rings (SSSR count). The molecule has 0 atom stereocenters. The number of anilines is 1. The molecule has 20 heavy (non-hydrogen) atoms. The number of thiazole rings is 1. The minimum absolute atomic E-state index is 0.0595. The molecule has 5 heteroatoms. The van der Waals surface area contributed by atoms with Crippen LogP contribution in [0.1, 0.15) is 25.9 Å². The highest BCUT2D eigenvalue weighted by Gasteiger charge is 2.24. The predicted octanol–water partition coefficient (Wildman–Crippen LogP) is 2.51. The first-order valence-corrected chi connectivity index (χ1v) is 7.53. The molecule has 1 aliphatic rings. The molecule has 0 radical (unpaired) electrons. The normalized spacial score (nSPS) is 14.8. The lowest BCUT2D eigenvalue weighted by atomic mass is 10.1. The molecule has 2 aromatic rings. The number of carbonyl (C=O) groups excluding carboxylic acids is 1. The first kappa shape index (κ1) is 13.3. The average Bonchev–Trinajstić information content (AvgIpc) is 2.66. The van der Waals surface area contributed by atoms with Crippen molar-refractivity contribution in [2.45, 2.75) is 20.4 Å². The van der Waals surface area contributed by atoms with E-state index in [4.69, 9.17) is 0 Å². The summed E-state index contributed by atoms with van der Waals surface area (Å²) in [5.74, 6) is 0.0595. The number of aromatic nitrogens is 1. The van der Waals surface area contributed by atoms with Crippen LogP contribution in [0.2, 0.25) is 0 Å². The lowest BCUT2D eigenvalue weighted by Gasteiger charge is -2.22. The fourth-order valence-corrected chi connectivity index (χ4v) is 3.39. The van der Waals surface area contributed by atoms with E-state index in [0.29, 0.717) is 6.54 Å². The van der Waals surface area contributed by atoms with Crippen molar-refractivity contribution in [2.75, 3.05) is 18.0 Å². The first-order chi connectivity index (χ1) is 9.66. The summed E-state index contributed by atoms with van der Waals surface area (Å²) in [4.78, 5) is 19.8. The Balaban J connectivity index is 2.01. The van der Waals surface area contributed by atoms with Crippen LogP contribution in [0.15, 0.2) is 24.3 Å². The van der Waals surface area contributed by atoms with Crippen LogP contribution < -0.4 is 10.2 Å². The molecule has 1 aliphatic heterocycles. The molecular formula is C15H17N3OS. The first-order valence-electron chi connectivity index (χ1n) is 6.71. The van der Waals surface area contributed by atoms with Gasteiger partial charge < -0.3 is 10.2 Å². The highest BCUT2D eigenvalue weighted by Crippen LogP contribution is 2.26. The van der Waals surface area contributed by atoms with Gasteiger partial charge in [-0.2, -0.15) is 0 Å². The summed E-state index contributed by atoms with van der Waals surface area (Å²) in [5.41, 5.74) is 3.00. The Morgan fingerprint density at radius 1 is 1.35 bits per heavy atom. The van der Waals surface area contributed by atoms with Gasteiger partial charge in [0.05, 0.1) is 10.7 Å². The van der Waals surface area contributed by atoms with Gasteiger partial charge in [0.1, 0.15) is 4.88 Å². The zero-order valence-corrected chi connectivity index (χ0v) is 12.5. The van der Waals surface area contributed by atoms with Gasteiger partial charge in [0.15, 0.2) is 0 Å². The Labute approximate surface area is 122 Å². The molecule has 4 nitrogen and oxygen atoms in total. The van der Waals surface area contributed by atoms with Crippen molar-refractivity contribution >= 4 is 22.9 Å². The number of nitrogens with zero attached hydrogens (tertiary/aromatic N) is 2. The van der Waals surface area contributed by atoms with E-state index < -0.39 is 0 Å². The Bertz CT molecular complexity index is 650. The van der Waals surface area contributed by atoms with Crippen molar-refractivity contribution in [3.63, 3.8) is 0 Å². The number of hydrogen-bond acceptors (Lipinski definition) is 4. The standard InChI is InChI=1S/C15H17N3OS/c1-10-14(20-11(2)17-10)15(19)18-8-7-16-9-12-5-3-4-6-13(12)18/h3-6,16H,7-9H2,1-2H3. The second-order valence-corrected chi connectivity index (χ2v) is 6.11. The van der Waals surface area contributed by atoms with Crippen LogP contribution in [0, 0.1) is 13.8 Å². The Kier molecular flexibility index (Phi) is 3.54. The summed E-state index contributed by atoms with van der Waals surface area (Å²) in [6.45, 7) is 6.13. The summed E-state index contributed by atoms with van der Waals surface area (Å²) in [7, 11) is 0. The summed E-state index contributed by atoms with van der Waals surface area (Å²) in [5, 5.41) is 4.29. The Hall–Kier alpha value is -1.72. The van der Waals surface area contributed by atoms with Crippen molar-refractivity contribution in [3.8, 4) is 0 Å². The maximum absolute atomic E-state index is 12.8. The van der Waals surface area contributed by atoms with Crippen LogP contribution in [-0.2, 0) is 6.54 Å². The number of benzene rings is 1. The molecule has 0 bridgehead atoms. The molecule has 0 saturated heterocycles. The molecule has 0 unspecified atom stereocenters. The zero-order chi connectivity index (χ0) is 14.1. The fourth-order valence-electron chi connectivity index (χ4n) is 2.52. The SMILES string of the molecule is Cc1nc(C)c(C(=O)N2CCNCc3ccccc32)s1. The fraction of sp³-hybridized carbons (Fsp3) is 0.333. The van der Waals surface area contributed by atoms with Gasteiger partial charge in [0, 0.05) is 25.3 Å². The van der Waals surface area contributed by atoms with Gasteiger partial charge in [-0.1, -0.05) is 18.2 Å². The van der Waals surface area contributed by atoms with Gasteiger partial charge in [0.25, 0.3) is 5.91 Å². The van der Waals surface area contributed by atoms with Gasteiger partial charge in [-0.3, -0.25) is 4.79 Å². The van der Waals surface area contributed by atoms with E-state index in [1.54, 1.807) is 0 Å². The predicted molar refractivity (Wildman–Crippen MR) is 81.4 cm³/mol. The largest absolute Gasteiger partial charge is 0.311 e. The van der Waals surface area contributed by atoms with E-state index in [9.17, 15) is 4.79 Å². The topological polar surface area (TPSA) is 45.2 Å². The number of amides is 1. The number of fused-ring (bicyclic) bond motifs is 1. The maximum atomic E-state index is 12.8. The molecular weight excluding hydrogens is 270 g/mol. The minimum Gasteiger partial charge on any atom is -0.311 e. The van der Waals surface area contributed by atoms with Crippen molar-refractivity contribution < 1.29 is 4.79 Å². The molecule has 0 spiro atoms. The van der Waals surface area contributed by atoms with E-state index in [2.05, 4.69) is 16.4 Å². The number of carbonyl (C=O) groups is 1. The lowest BCUT2D eigenvalue weighted by Crippen LogP contribution is -2.34. The van der Waals surface area contributed by atoms with Crippen LogP contribution in [0.5, 0.6) is 0 Å². The average molecular weight is 287 g/mol. The maximum Gasteiger partial charge on any atom is 0.270 e. The third-order valence-electron chi connectivity index (χ3n) is 3.45. The monoisotopic (exact) mass is 287 g/mol. The zero-order valence-electron chi connectivity index (χ0n) is 11.6. The van der Waals surface area contributed by atoms with E-state index in [1.807, 2.05) is 36.9 Å². The number of para-hydroxylation sites is 1. The van der Waals surface area contributed by atoms with E-state index >= 15 is 0 Å². The molecule has 1 N–H and O–H groups in total. The quantitative estimate of drug-likeness (QED) is 0.876. The second kappa shape index (κ2) is 5.34. The summed E-state index contributed by atoms with van der Waals surface area (Å²) >= 11 is 1.47. The Morgan fingerprint density at radius 2 is 2.15 bits per heavy atom. The number of hydrogen-bond donors (Lipinski definition) is 1. The van der Waals surface area contributed by atoms with Gasteiger partial charge in [-0.25, -0.2) is 4.98 Å². The van der Waals surface area contributed by atoms with Crippen LogP contribution in [0.3, 0.4) is 0 Å². The van der Waals surface area contributed by atoms with E-state index in [0.717, 1.165) is 39.9 Å². The molecule has 1 amide bonds. The highest BCUT2D eigenvalue weighted by atomic mass is 32.1. The summed E-state index contributed by atoms with van der Waals surface area (Å²) in [6, 6.07) is 8.08. The lowest BCUT2D eigenvalue weighted by molar-refractivity contribution is 0.0990. The smallest absolute Gasteiger partial charge is 0.270 e. The number of rotatable bonds is 1. The Morgan fingerprint density at radius 3 is 2.90 bits per heavy atom. The van der Waals surface area contributed by atoms with Crippen LogP contribution in [-0.4, -0.2) is 24.0 Å². The van der Waals surface area contributed by atoms with Crippen LogP contribution in [0.4, 0.5) is 5.69 Å². The van der Waals surface area contributed by atoms with Crippen LogP contribution in [0.25, 0.3) is 0 Å². The number of aryl methyl sites for hydroxylation is 2. The second-order valence-electron chi connectivity index (χ2n) is 4.91. The molecule has 104 valence electrons. The third-order valence-corrected chi connectivity index (χ3v) is 4.51. The van der Waals surface area contributed by atoms with Crippen molar-refractivity contribution in [3.05, 3.63) is 45.4 Å². The van der Waals surface area contributed by atoms with Gasteiger partial charge in [0.2, 0.25) is 0 Å². The molecule has 0 saturated carbocycles. The van der Waals surface area contributed by atoms with Crippen molar-refractivity contribution in [2.24, 2.45) is 0 Å². The van der Waals surface area contributed by atoms with Gasteiger partial charge in [-0.05, 0) is 25.5 Å². The molecule has 0 fully saturated rings. The third kappa shape index (κ3) is 2.34. The van der Waals surface area contributed by atoms with Gasteiger partial charge >= 0.3 is 0 Å². The molecule has 0 aliphatic carbocycles. The summed E-state index contributed by atoms with van der Waals surface area (Å²) < 4.78 is 0. The van der Waals surface area contributed by atoms with E-state index in [-0.39, 0.29) is 5.91 Å². The van der Waals surface area contributed by atoms with Gasteiger partial charge in [-0.15, -0.1) is 11.3 Å². The van der Waals surface area contributed by atoms with E-state index in [1.165, 1.54) is 11.3 Å². The number of nitrogens with one attached hydrogen (secondary N) is 1. The molecule has 2 heterocycles. The van der Waals surface area contributed by atoms with Crippen molar-refractivity contribution in [1.29, 1.82) is 0 Å². The molecule has 1 aromatic carbocycles.